The average Bonchev–Trinajstić information content (AvgIpc) is 2.99. The zero-order valence-electron chi connectivity index (χ0n) is 11.7. The Morgan fingerprint density at radius 2 is 2.16 bits per heavy atom. The molecule has 1 aromatic rings. The van der Waals surface area contributed by atoms with E-state index >= 15 is 0 Å². The van der Waals surface area contributed by atoms with E-state index in [2.05, 4.69) is 9.88 Å². The van der Waals surface area contributed by atoms with Crippen molar-refractivity contribution in [1.82, 2.24) is 9.88 Å². The monoisotopic (exact) mass is 262 g/mol. The van der Waals surface area contributed by atoms with Crippen LogP contribution in [0.1, 0.15) is 30.1 Å². The first-order valence-electron chi connectivity index (χ1n) is 6.81. The van der Waals surface area contributed by atoms with E-state index < -0.39 is 0 Å². The van der Waals surface area contributed by atoms with Crippen LogP contribution in [-0.4, -0.2) is 48.5 Å². The maximum Gasteiger partial charge on any atom is 0.255 e. The molecule has 2 heterocycles. The molecule has 2 rings (SSSR count). The van der Waals surface area contributed by atoms with Crippen LogP contribution < -0.4 is 10.6 Å². The molecule has 1 fully saturated rings. The molecule has 2 N–H and O–H groups in total. The second-order valence-electron chi connectivity index (χ2n) is 5.10. The Kier molecular flexibility index (Phi) is 4.37. The Labute approximate surface area is 114 Å². The lowest BCUT2D eigenvalue weighted by atomic mass is 10.2. The van der Waals surface area contributed by atoms with E-state index in [0.717, 1.165) is 18.9 Å². The van der Waals surface area contributed by atoms with Gasteiger partial charge in [-0.1, -0.05) is 0 Å². The number of anilines is 1. The van der Waals surface area contributed by atoms with Crippen molar-refractivity contribution in [2.75, 3.05) is 31.6 Å². The molecule has 104 valence electrons. The van der Waals surface area contributed by atoms with E-state index in [1.54, 1.807) is 18.1 Å². The molecule has 1 aliphatic heterocycles. The summed E-state index contributed by atoms with van der Waals surface area (Å²) >= 11 is 0. The molecule has 5 heteroatoms. The number of carbonyl (C=O) groups is 1. The smallest absolute Gasteiger partial charge is 0.255 e. The van der Waals surface area contributed by atoms with Gasteiger partial charge in [0.25, 0.3) is 5.91 Å². The molecule has 1 unspecified atom stereocenters. The van der Waals surface area contributed by atoms with Crippen molar-refractivity contribution in [2.24, 2.45) is 5.73 Å². The highest BCUT2D eigenvalue weighted by atomic mass is 16.2. The molecular formula is C14H22N4O. The summed E-state index contributed by atoms with van der Waals surface area (Å²) in [5.41, 5.74) is 6.20. The zero-order valence-corrected chi connectivity index (χ0v) is 11.7. The minimum absolute atomic E-state index is 0.0292. The van der Waals surface area contributed by atoms with Crippen molar-refractivity contribution in [3.8, 4) is 0 Å². The van der Waals surface area contributed by atoms with Crippen LogP contribution in [0.5, 0.6) is 0 Å². The number of nitrogens with two attached hydrogens (primary N) is 1. The Bertz CT molecular complexity index is 426. The molecule has 0 radical (unpaired) electrons. The van der Waals surface area contributed by atoms with Crippen LogP contribution in [0.2, 0.25) is 0 Å². The average molecular weight is 262 g/mol. The number of carbonyl (C=O) groups excluding carboxylic acids is 1. The number of aromatic nitrogens is 1. The van der Waals surface area contributed by atoms with Crippen LogP contribution in [0.25, 0.3) is 0 Å². The minimum atomic E-state index is -0.0292. The first kappa shape index (κ1) is 13.8. The molecule has 0 aromatic carbocycles. The highest BCUT2D eigenvalue weighted by molar-refractivity contribution is 5.94. The second-order valence-corrected chi connectivity index (χ2v) is 5.10. The lowest BCUT2D eigenvalue weighted by molar-refractivity contribution is 0.0748. The van der Waals surface area contributed by atoms with Gasteiger partial charge in [-0.05, 0) is 31.9 Å². The Balaban J connectivity index is 2.07. The third kappa shape index (κ3) is 3.04. The number of likely N-dealkylation sites (N-methyl/N-ethyl adjacent to an activating group) is 1. The third-order valence-electron chi connectivity index (χ3n) is 3.75. The van der Waals surface area contributed by atoms with Gasteiger partial charge in [0.1, 0.15) is 5.82 Å². The summed E-state index contributed by atoms with van der Waals surface area (Å²) in [7, 11) is 1.77. The van der Waals surface area contributed by atoms with Crippen molar-refractivity contribution >= 4 is 11.7 Å². The maximum absolute atomic E-state index is 12.2. The summed E-state index contributed by atoms with van der Waals surface area (Å²) in [6.07, 6.45) is 4.11. The molecule has 1 atom stereocenters. The topological polar surface area (TPSA) is 62.5 Å². The third-order valence-corrected chi connectivity index (χ3v) is 3.75. The molecule has 1 aliphatic rings. The molecule has 0 spiro atoms. The quantitative estimate of drug-likeness (QED) is 0.882. The molecule has 1 amide bonds. The van der Waals surface area contributed by atoms with Gasteiger partial charge in [-0.3, -0.25) is 4.79 Å². The molecule has 0 saturated carbocycles. The normalized spacial score (nSPS) is 16.5. The fourth-order valence-electron chi connectivity index (χ4n) is 2.21. The van der Waals surface area contributed by atoms with Crippen LogP contribution in [0.4, 0.5) is 5.82 Å². The van der Waals surface area contributed by atoms with Gasteiger partial charge in [0.15, 0.2) is 0 Å². The maximum atomic E-state index is 12.2. The molecule has 1 saturated heterocycles. The highest BCUT2D eigenvalue weighted by Gasteiger charge is 2.18. The molecular weight excluding hydrogens is 240 g/mol. The van der Waals surface area contributed by atoms with Gasteiger partial charge in [0.05, 0.1) is 5.56 Å². The van der Waals surface area contributed by atoms with Crippen molar-refractivity contribution in [3.05, 3.63) is 23.9 Å². The molecule has 1 aromatic heterocycles. The number of rotatable bonds is 4. The molecule has 0 aliphatic carbocycles. The lowest BCUT2D eigenvalue weighted by Crippen LogP contribution is -2.39. The standard InChI is InChI=1S/C14H22N4O/c1-11(9-15)17(2)14(19)12-5-6-13(16-10-12)18-7-3-4-8-18/h5-6,10-11H,3-4,7-9,15H2,1-2H3. The van der Waals surface area contributed by atoms with Crippen molar-refractivity contribution in [1.29, 1.82) is 0 Å². The van der Waals surface area contributed by atoms with Crippen molar-refractivity contribution < 1.29 is 4.79 Å². The number of hydrogen-bond acceptors (Lipinski definition) is 4. The summed E-state index contributed by atoms with van der Waals surface area (Å²) in [5, 5.41) is 0. The van der Waals surface area contributed by atoms with Crippen molar-refractivity contribution in [2.45, 2.75) is 25.8 Å². The van der Waals surface area contributed by atoms with Crippen LogP contribution in [0.3, 0.4) is 0 Å². The van der Waals surface area contributed by atoms with E-state index in [1.165, 1.54) is 12.8 Å². The number of nitrogens with zero attached hydrogens (tertiary/aromatic N) is 3. The number of amides is 1. The minimum Gasteiger partial charge on any atom is -0.357 e. The SMILES string of the molecule is CC(CN)N(C)C(=O)c1ccc(N2CCCC2)nc1. The van der Waals surface area contributed by atoms with Crippen LogP contribution in [-0.2, 0) is 0 Å². The molecule has 5 nitrogen and oxygen atoms in total. The number of pyridine rings is 1. The summed E-state index contributed by atoms with van der Waals surface area (Å²) in [6, 6.07) is 3.81. The fourth-order valence-corrected chi connectivity index (χ4v) is 2.21. The van der Waals surface area contributed by atoms with E-state index in [-0.39, 0.29) is 11.9 Å². The van der Waals surface area contributed by atoms with Crippen LogP contribution in [0, 0.1) is 0 Å². The van der Waals surface area contributed by atoms with Gasteiger partial charge < -0.3 is 15.5 Å². The number of hydrogen-bond donors (Lipinski definition) is 1. The Hall–Kier alpha value is -1.62. The predicted molar refractivity (Wildman–Crippen MR) is 76.3 cm³/mol. The van der Waals surface area contributed by atoms with Crippen LogP contribution >= 0.6 is 0 Å². The summed E-state index contributed by atoms with van der Waals surface area (Å²) in [4.78, 5) is 20.5. The molecule has 0 bridgehead atoms. The highest BCUT2D eigenvalue weighted by Crippen LogP contribution is 2.18. The second kappa shape index (κ2) is 6.02. The van der Waals surface area contributed by atoms with E-state index in [0.29, 0.717) is 12.1 Å². The Morgan fingerprint density at radius 1 is 1.47 bits per heavy atom. The first-order chi connectivity index (χ1) is 9.13. The summed E-state index contributed by atoms with van der Waals surface area (Å²) in [6.45, 7) is 4.51. The van der Waals surface area contributed by atoms with Gasteiger partial charge >= 0.3 is 0 Å². The van der Waals surface area contributed by atoms with Gasteiger partial charge in [-0.25, -0.2) is 4.98 Å². The largest absolute Gasteiger partial charge is 0.357 e. The van der Waals surface area contributed by atoms with Gasteiger partial charge in [0.2, 0.25) is 0 Å². The van der Waals surface area contributed by atoms with E-state index in [1.807, 2.05) is 19.1 Å². The Morgan fingerprint density at radius 3 is 2.68 bits per heavy atom. The van der Waals surface area contributed by atoms with Gasteiger partial charge in [0, 0.05) is 38.9 Å². The predicted octanol–water partition coefficient (Wildman–Crippen LogP) is 1.10. The van der Waals surface area contributed by atoms with Crippen molar-refractivity contribution in [3.63, 3.8) is 0 Å². The summed E-state index contributed by atoms with van der Waals surface area (Å²) < 4.78 is 0. The molecule has 19 heavy (non-hydrogen) atoms. The fraction of sp³-hybridized carbons (Fsp3) is 0.571. The zero-order chi connectivity index (χ0) is 13.8. The van der Waals surface area contributed by atoms with Gasteiger partial charge in [-0.2, -0.15) is 0 Å². The van der Waals surface area contributed by atoms with Crippen LogP contribution in [0.15, 0.2) is 18.3 Å². The first-order valence-corrected chi connectivity index (χ1v) is 6.81. The van der Waals surface area contributed by atoms with Gasteiger partial charge in [-0.15, -0.1) is 0 Å². The lowest BCUT2D eigenvalue weighted by Gasteiger charge is -2.24. The van der Waals surface area contributed by atoms with E-state index in [9.17, 15) is 4.79 Å². The van der Waals surface area contributed by atoms with E-state index in [4.69, 9.17) is 5.73 Å². The summed E-state index contributed by atoms with van der Waals surface area (Å²) in [5.74, 6) is 0.932.